The third-order valence-electron chi connectivity index (χ3n) is 3.46. The number of halogens is 3. The number of nitrogens with one attached hydrogen (secondary N) is 2. The molecule has 27 heavy (non-hydrogen) atoms. The number of ether oxygens (including phenoxy) is 2. The second kappa shape index (κ2) is 11.5. The van der Waals surface area contributed by atoms with Crippen LogP contribution >= 0.6 is 0 Å². The highest BCUT2D eigenvalue weighted by atomic mass is 19.4. The van der Waals surface area contributed by atoms with Crippen molar-refractivity contribution in [1.29, 1.82) is 0 Å². The van der Waals surface area contributed by atoms with Crippen LogP contribution in [0.25, 0.3) is 0 Å². The van der Waals surface area contributed by atoms with Crippen LogP contribution in [0.3, 0.4) is 0 Å². The van der Waals surface area contributed by atoms with Gasteiger partial charge in [-0.05, 0) is 33.0 Å². The molecule has 1 rings (SSSR count). The molecule has 2 N–H and O–H groups in total. The van der Waals surface area contributed by atoms with Crippen molar-refractivity contribution < 1.29 is 22.6 Å². The molecule has 0 saturated heterocycles. The zero-order chi connectivity index (χ0) is 20.3. The molecule has 0 heterocycles. The number of alkyl halides is 3. The summed E-state index contributed by atoms with van der Waals surface area (Å²) in [6.45, 7) is 4.52. The van der Waals surface area contributed by atoms with Gasteiger partial charge >= 0.3 is 6.18 Å². The van der Waals surface area contributed by atoms with Crippen LogP contribution < -0.4 is 20.1 Å². The van der Waals surface area contributed by atoms with Crippen molar-refractivity contribution in [1.82, 2.24) is 15.5 Å². The van der Waals surface area contributed by atoms with Gasteiger partial charge in [0.1, 0.15) is 17.6 Å². The average Bonchev–Trinajstić information content (AvgIpc) is 2.58. The van der Waals surface area contributed by atoms with Gasteiger partial charge in [0.2, 0.25) is 0 Å². The molecule has 0 aliphatic rings. The average molecular weight is 390 g/mol. The van der Waals surface area contributed by atoms with Gasteiger partial charge in [0.05, 0.1) is 20.2 Å². The van der Waals surface area contributed by atoms with E-state index in [-0.39, 0.29) is 12.6 Å². The zero-order valence-corrected chi connectivity index (χ0v) is 16.3. The fourth-order valence-electron chi connectivity index (χ4n) is 2.26. The highest BCUT2D eigenvalue weighted by Crippen LogP contribution is 2.20. The zero-order valence-electron chi connectivity index (χ0n) is 16.3. The monoisotopic (exact) mass is 390 g/mol. The van der Waals surface area contributed by atoms with E-state index in [0.717, 1.165) is 0 Å². The van der Waals surface area contributed by atoms with Crippen LogP contribution in [0.15, 0.2) is 29.3 Å². The summed E-state index contributed by atoms with van der Waals surface area (Å²) in [5.41, 5.74) is 0. The fourth-order valence-corrected chi connectivity index (χ4v) is 2.26. The van der Waals surface area contributed by atoms with Crippen molar-refractivity contribution >= 4 is 5.96 Å². The Balaban J connectivity index is 2.47. The van der Waals surface area contributed by atoms with Crippen molar-refractivity contribution in [3.8, 4) is 11.5 Å². The molecule has 0 fully saturated rings. The number of rotatable bonds is 10. The van der Waals surface area contributed by atoms with Gasteiger partial charge in [-0.25, -0.2) is 4.99 Å². The maximum Gasteiger partial charge on any atom is 0.401 e. The molecule has 1 atom stereocenters. The Kier molecular flexibility index (Phi) is 9.77. The molecule has 0 aliphatic carbocycles. The van der Waals surface area contributed by atoms with Gasteiger partial charge in [0.25, 0.3) is 0 Å². The highest BCUT2D eigenvalue weighted by molar-refractivity contribution is 5.79. The first kappa shape index (κ1) is 22.9. The summed E-state index contributed by atoms with van der Waals surface area (Å²) in [4.78, 5) is 5.63. The molecule has 0 radical (unpaired) electrons. The van der Waals surface area contributed by atoms with E-state index in [1.807, 2.05) is 32.0 Å². The number of guanidine groups is 1. The lowest BCUT2D eigenvalue weighted by Gasteiger charge is -2.20. The smallest absolute Gasteiger partial charge is 0.401 e. The molecule has 154 valence electrons. The molecular weight excluding hydrogens is 361 g/mol. The van der Waals surface area contributed by atoms with Crippen molar-refractivity contribution in [2.24, 2.45) is 4.99 Å². The van der Waals surface area contributed by atoms with Crippen molar-refractivity contribution in [2.45, 2.75) is 26.1 Å². The van der Waals surface area contributed by atoms with Crippen LogP contribution in [0.4, 0.5) is 13.2 Å². The van der Waals surface area contributed by atoms with Gasteiger partial charge in [-0.15, -0.1) is 0 Å². The van der Waals surface area contributed by atoms with Crippen molar-refractivity contribution in [3.63, 3.8) is 0 Å². The van der Waals surface area contributed by atoms with Gasteiger partial charge in [0, 0.05) is 25.7 Å². The first-order valence-corrected chi connectivity index (χ1v) is 8.81. The number of aliphatic imine (C=N–C) groups is 1. The Labute approximate surface area is 158 Å². The minimum Gasteiger partial charge on any atom is -0.497 e. The van der Waals surface area contributed by atoms with Gasteiger partial charge < -0.3 is 20.1 Å². The maximum atomic E-state index is 12.3. The molecule has 9 heteroatoms. The van der Waals surface area contributed by atoms with Crippen LogP contribution in [0.5, 0.6) is 11.5 Å². The normalized spacial score (nSPS) is 13.4. The fraction of sp³-hybridized carbons (Fsp3) is 0.611. The van der Waals surface area contributed by atoms with Gasteiger partial charge in [0.15, 0.2) is 5.96 Å². The van der Waals surface area contributed by atoms with Crippen LogP contribution in [-0.2, 0) is 0 Å². The lowest BCUT2D eigenvalue weighted by Crippen LogP contribution is -2.42. The highest BCUT2D eigenvalue weighted by Gasteiger charge is 2.28. The van der Waals surface area contributed by atoms with E-state index < -0.39 is 12.7 Å². The topological polar surface area (TPSA) is 58.1 Å². The van der Waals surface area contributed by atoms with Gasteiger partial charge in [-0.2, -0.15) is 13.2 Å². The molecule has 0 aromatic heterocycles. The summed E-state index contributed by atoms with van der Waals surface area (Å²) in [5.74, 6) is 1.93. The van der Waals surface area contributed by atoms with E-state index in [1.54, 1.807) is 13.2 Å². The summed E-state index contributed by atoms with van der Waals surface area (Å²) in [6, 6.07) is 7.30. The largest absolute Gasteiger partial charge is 0.497 e. The number of benzene rings is 1. The van der Waals surface area contributed by atoms with Crippen LogP contribution in [-0.4, -0.2) is 70.0 Å². The molecule has 6 nitrogen and oxygen atoms in total. The van der Waals surface area contributed by atoms with E-state index >= 15 is 0 Å². The molecule has 0 amide bonds. The molecule has 0 aliphatic heterocycles. The molecule has 0 saturated carbocycles. The Bertz CT molecular complexity index is 582. The number of hydrogen-bond acceptors (Lipinski definition) is 4. The van der Waals surface area contributed by atoms with E-state index in [9.17, 15) is 13.2 Å². The lowest BCUT2D eigenvalue weighted by molar-refractivity contribution is -0.142. The van der Waals surface area contributed by atoms with E-state index in [0.29, 0.717) is 37.1 Å². The molecule has 1 aromatic rings. The molecule has 0 spiro atoms. The van der Waals surface area contributed by atoms with Crippen LogP contribution in [0.1, 0.15) is 13.8 Å². The predicted octanol–water partition coefficient (Wildman–Crippen LogP) is 2.51. The predicted molar refractivity (Wildman–Crippen MR) is 101 cm³/mol. The summed E-state index contributed by atoms with van der Waals surface area (Å²) in [6.07, 6.45) is -4.37. The minimum atomic E-state index is -4.19. The van der Waals surface area contributed by atoms with Gasteiger partial charge in [-0.1, -0.05) is 6.07 Å². The Morgan fingerprint density at radius 1 is 1.26 bits per heavy atom. The van der Waals surface area contributed by atoms with Crippen LogP contribution in [0, 0.1) is 0 Å². The number of hydrogen-bond donors (Lipinski definition) is 2. The number of methoxy groups -OCH3 is 1. The Hall–Kier alpha value is -2.16. The first-order valence-electron chi connectivity index (χ1n) is 8.81. The molecule has 1 unspecified atom stereocenters. The summed E-state index contributed by atoms with van der Waals surface area (Å²) >= 11 is 0. The first-order chi connectivity index (χ1) is 12.7. The van der Waals surface area contributed by atoms with Gasteiger partial charge in [-0.3, -0.25) is 4.90 Å². The second-order valence-corrected chi connectivity index (χ2v) is 6.11. The summed E-state index contributed by atoms with van der Waals surface area (Å²) in [5, 5.41) is 6.09. The van der Waals surface area contributed by atoms with Crippen LogP contribution in [0.2, 0.25) is 0 Å². The molecule has 0 bridgehead atoms. The Morgan fingerprint density at radius 3 is 2.59 bits per heavy atom. The summed E-state index contributed by atoms with van der Waals surface area (Å²) in [7, 11) is 3.02. The second-order valence-electron chi connectivity index (χ2n) is 6.11. The molecular formula is C18H29F3N4O2. The summed E-state index contributed by atoms with van der Waals surface area (Å²) < 4.78 is 48.0. The van der Waals surface area contributed by atoms with E-state index in [4.69, 9.17) is 9.47 Å². The minimum absolute atomic E-state index is 0.180. The third kappa shape index (κ3) is 10.5. The third-order valence-corrected chi connectivity index (χ3v) is 3.46. The molecule has 1 aromatic carbocycles. The SMILES string of the molecule is CCNC(=NCC(C)Oc1cccc(OC)c1)NCCN(C)CC(F)(F)F. The number of nitrogens with zero attached hydrogens (tertiary/aromatic N) is 2. The van der Waals surface area contributed by atoms with Crippen molar-refractivity contribution in [2.75, 3.05) is 46.9 Å². The van der Waals surface area contributed by atoms with E-state index in [2.05, 4.69) is 15.6 Å². The number of likely N-dealkylation sites (N-methyl/N-ethyl adjacent to an activating group) is 1. The van der Waals surface area contributed by atoms with E-state index in [1.165, 1.54) is 11.9 Å². The lowest BCUT2D eigenvalue weighted by atomic mass is 10.3. The maximum absolute atomic E-state index is 12.3. The van der Waals surface area contributed by atoms with Crippen molar-refractivity contribution in [3.05, 3.63) is 24.3 Å². The quantitative estimate of drug-likeness (QED) is 0.475. The Morgan fingerprint density at radius 2 is 1.96 bits per heavy atom. The standard InChI is InChI=1S/C18H29F3N4O2/c1-5-22-17(23-9-10-25(3)13-18(19,20)21)24-12-14(2)27-16-8-6-7-15(11-16)26-4/h6-8,11,14H,5,9-10,12-13H2,1-4H3,(H2,22,23,24).